The first-order chi connectivity index (χ1) is 9.10. The number of hydrogen-bond acceptors (Lipinski definition) is 2. The average Bonchev–Trinajstić information content (AvgIpc) is 2.43. The lowest BCUT2D eigenvalue weighted by molar-refractivity contribution is 0.172. The van der Waals surface area contributed by atoms with Crippen LogP contribution >= 0.6 is 15.9 Å². The summed E-state index contributed by atoms with van der Waals surface area (Å²) in [6.07, 6.45) is 2.52. The average molecular weight is 329 g/mol. The summed E-state index contributed by atoms with van der Waals surface area (Å²) in [5, 5.41) is 3.44. The van der Waals surface area contributed by atoms with Crippen LogP contribution in [0.5, 0.6) is 0 Å². The highest BCUT2D eigenvalue weighted by atomic mass is 79.9. The molecule has 2 atom stereocenters. The van der Waals surface area contributed by atoms with E-state index in [-0.39, 0.29) is 5.82 Å². The number of hydrogen-bond donors (Lipinski definition) is 1. The Kier molecular flexibility index (Phi) is 5.22. The van der Waals surface area contributed by atoms with Crippen LogP contribution in [0.4, 0.5) is 10.1 Å². The van der Waals surface area contributed by atoms with Gasteiger partial charge in [0, 0.05) is 18.3 Å². The van der Waals surface area contributed by atoms with Crippen LogP contribution in [0.3, 0.4) is 0 Å². The molecule has 0 bridgehead atoms. The second kappa shape index (κ2) is 6.71. The molecule has 1 saturated heterocycles. The van der Waals surface area contributed by atoms with Gasteiger partial charge in [-0.05, 0) is 72.9 Å². The van der Waals surface area contributed by atoms with Crippen LogP contribution in [0.2, 0.25) is 0 Å². The zero-order valence-corrected chi connectivity index (χ0v) is 13.2. The zero-order valence-electron chi connectivity index (χ0n) is 11.6. The van der Waals surface area contributed by atoms with Crippen molar-refractivity contribution >= 4 is 21.6 Å². The number of nitrogens with one attached hydrogen (secondary N) is 1. The number of halogens is 2. The van der Waals surface area contributed by atoms with E-state index >= 15 is 0 Å². The van der Waals surface area contributed by atoms with E-state index in [4.69, 9.17) is 0 Å². The number of piperidine rings is 1. The van der Waals surface area contributed by atoms with Crippen LogP contribution in [0.1, 0.15) is 26.7 Å². The minimum atomic E-state index is -0.212. The Balaban J connectivity index is 1.96. The molecule has 106 valence electrons. The molecule has 1 aromatic rings. The summed E-state index contributed by atoms with van der Waals surface area (Å²) in [7, 11) is 0. The molecular weight excluding hydrogens is 307 g/mol. The van der Waals surface area contributed by atoms with Gasteiger partial charge in [-0.3, -0.25) is 0 Å². The van der Waals surface area contributed by atoms with Crippen molar-refractivity contribution in [2.45, 2.75) is 32.7 Å². The third kappa shape index (κ3) is 3.93. The molecule has 1 heterocycles. The van der Waals surface area contributed by atoms with E-state index in [9.17, 15) is 4.39 Å². The lowest BCUT2D eigenvalue weighted by atomic mass is 9.91. The van der Waals surface area contributed by atoms with E-state index in [1.54, 1.807) is 12.1 Å². The molecule has 1 aliphatic heterocycles. The van der Waals surface area contributed by atoms with Gasteiger partial charge in [0.1, 0.15) is 5.82 Å². The highest BCUT2D eigenvalue weighted by molar-refractivity contribution is 9.10. The fourth-order valence-corrected chi connectivity index (χ4v) is 3.00. The van der Waals surface area contributed by atoms with Crippen molar-refractivity contribution in [2.75, 3.05) is 25.0 Å². The smallest absolute Gasteiger partial charge is 0.139 e. The molecule has 1 N–H and O–H groups in total. The molecule has 0 saturated carbocycles. The van der Waals surface area contributed by atoms with Crippen molar-refractivity contribution in [1.29, 1.82) is 0 Å². The van der Waals surface area contributed by atoms with Gasteiger partial charge >= 0.3 is 0 Å². The Morgan fingerprint density at radius 2 is 2.32 bits per heavy atom. The summed E-state index contributed by atoms with van der Waals surface area (Å²) >= 11 is 3.18. The number of rotatable bonds is 4. The number of nitrogens with zero attached hydrogens (tertiary/aromatic N) is 1. The fraction of sp³-hybridized carbons (Fsp3) is 0.600. The van der Waals surface area contributed by atoms with Gasteiger partial charge in [0.2, 0.25) is 0 Å². The molecule has 2 rings (SSSR count). The zero-order chi connectivity index (χ0) is 13.8. The first-order valence-corrected chi connectivity index (χ1v) is 7.83. The Bertz CT molecular complexity index is 425. The van der Waals surface area contributed by atoms with E-state index in [1.807, 2.05) is 6.07 Å². The Morgan fingerprint density at radius 1 is 1.53 bits per heavy atom. The molecule has 0 aliphatic carbocycles. The van der Waals surface area contributed by atoms with Crippen LogP contribution in [-0.2, 0) is 0 Å². The maximum atomic E-state index is 13.5. The number of anilines is 1. The minimum absolute atomic E-state index is 0.212. The SMILES string of the molecule is CCN1CCCC(C(C)Nc2ccc(Br)c(F)c2)C1. The predicted octanol–water partition coefficient (Wildman–Crippen LogP) is 4.12. The molecular formula is C15H22BrFN2. The molecule has 0 spiro atoms. The maximum Gasteiger partial charge on any atom is 0.139 e. The molecule has 0 radical (unpaired) electrons. The van der Waals surface area contributed by atoms with Crippen molar-refractivity contribution in [3.05, 3.63) is 28.5 Å². The molecule has 0 amide bonds. The quantitative estimate of drug-likeness (QED) is 0.894. The monoisotopic (exact) mass is 328 g/mol. The first kappa shape index (κ1) is 14.8. The summed E-state index contributed by atoms with van der Waals surface area (Å²) in [5.41, 5.74) is 0.863. The first-order valence-electron chi connectivity index (χ1n) is 7.04. The largest absolute Gasteiger partial charge is 0.382 e. The summed E-state index contributed by atoms with van der Waals surface area (Å²) in [6, 6.07) is 5.60. The summed E-state index contributed by atoms with van der Waals surface area (Å²) in [4.78, 5) is 2.49. The number of benzene rings is 1. The van der Waals surface area contributed by atoms with Crippen molar-refractivity contribution < 1.29 is 4.39 Å². The van der Waals surface area contributed by atoms with Crippen LogP contribution in [0.15, 0.2) is 22.7 Å². The van der Waals surface area contributed by atoms with E-state index in [0.29, 0.717) is 16.4 Å². The van der Waals surface area contributed by atoms with E-state index in [0.717, 1.165) is 18.8 Å². The molecule has 4 heteroatoms. The van der Waals surface area contributed by atoms with Crippen molar-refractivity contribution in [3.63, 3.8) is 0 Å². The highest BCUT2D eigenvalue weighted by Crippen LogP contribution is 2.24. The van der Waals surface area contributed by atoms with E-state index in [2.05, 4.69) is 40.0 Å². The molecule has 2 unspecified atom stereocenters. The molecule has 2 nitrogen and oxygen atoms in total. The second-order valence-corrected chi connectivity index (χ2v) is 6.21. The van der Waals surface area contributed by atoms with Crippen LogP contribution in [-0.4, -0.2) is 30.6 Å². The lowest BCUT2D eigenvalue weighted by Crippen LogP contribution is -2.41. The van der Waals surface area contributed by atoms with Crippen molar-refractivity contribution in [3.8, 4) is 0 Å². The minimum Gasteiger partial charge on any atom is -0.382 e. The summed E-state index contributed by atoms with van der Waals surface area (Å²) in [6.45, 7) is 7.89. The fourth-order valence-electron chi connectivity index (χ4n) is 2.75. The molecule has 19 heavy (non-hydrogen) atoms. The third-order valence-corrected chi connectivity index (χ3v) is 4.65. The summed E-state index contributed by atoms with van der Waals surface area (Å²) in [5.74, 6) is 0.427. The lowest BCUT2D eigenvalue weighted by Gasteiger charge is -2.35. The third-order valence-electron chi connectivity index (χ3n) is 4.01. The van der Waals surface area contributed by atoms with Crippen LogP contribution < -0.4 is 5.32 Å². The maximum absolute atomic E-state index is 13.5. The van der Waals surface area contributed by atoms with Gasteiger partial charge in [-0.1, -0.05) is 6.92 Å². The van der Waals surface area contributed by atoms with Gasteiger partial charge in [0.15, 0.2) is 0 Å². The number of likely N-dealkylation sites (tertiary alicyclic amines) is 1. The van der Waals surface area contributed by atoms with Gasteiger partial charge in [-0.25, -0.2) is 4.39 Å². The topological polar surface area (TPSA) is 15.3 Å². The van der Waals surface area contributed by atoms with Gasteiger partial charge in [0.25, 0.3) is 0 Å². The van der Waals surface area contributed by atoms with E-state index in [1.165, 1.54) is 19.4 Å². The molecule has 1 aromatic carbocycles. The van der Waals surface area contributed by atoms with Crippen molar-refractivity contribution in [1.82, 2.24) is 4.90 Å². The van der Waals surface area contributed by atoms with Crippen LogP contribution in [0, 0.1) is 11.7 Å². The molecule has 0 aromatic heterocycles. The highest BCUT2D eigenvalue weighted by Gasteiger charge is 2.23. The molecule has 1 fully saturated rings. The van der Waals surface area contributed by atoms with Gasteiger partial charge in [-0.2, -0.15) is 0 Å². The Labute approximate surface area is 123 Å². The molecule has 1 aliphatic rings. The van der Waals surface area contributed by atoms with Gasteiger partial charge in [0.05, 0.1) is 4.47 Å². The van der Waals surface area contributed by atoms with Crippen molar-refractivity contribution in [2.24, 2.45) is 5.92 Å². The van der Waals surface area contributed by atoms with Crippen LogP contribution in [0.25, 0.3) is 0 Å². The Morgan fingerprint density at radius 3 is 3.00 bits per heavy atom. The summed E-state index contributed by atoms with van der Waals surface area (Å²) < 4.78 is 14.0. The standard InChI is InChI=1S/C15H22BrFN2/c1-3-19-8-4-5-12(10-19)11(2)18-13-6-7-14(16)15(17)9-13/h6-7,9,11-12,18H,3-5,8,10H2,1-2H3. The normalized spacial score (nSPS) is 22.2. The second-order valence-electron chi connectivity index (χ2n) is 5.36. The van der Waals surface area contributed by atoms with E-state index < -0.39 is 0 Å². The predicted molar refractivity (Wildman–Crippen MR) is 82.0 cm³/mol. The van der Waals surface area contributed by atoms with Gasteiger partial charge < -0.3 is 10.2 Å². The Hall–Kier alpha value is -0.610. The van der Waals surface area contributed by atoms with Gasteiger partial charge in [-0.15, -0.1) is 0 Å².